The molecule has 0 bridgehead atoms. The summed E-state index contributed by atoms with van der Waals surface area (Å²) < 4.78 is 28.9. The Balaban J connectivity index is 0.000000185. The molecule has 12 aromatic rings. The number of thioether (sulfide) groups is 3. The van der Waals surface area contributed by atoms with Crippen LogP contribution in [-0.2, 0) is 79.2 Å². The molecule has 2 heterocycles. The van der Waals surface area contributed by atoms with E-state index in [0.29, 0.717) is 75.3 Å². The van der Waals surface area contributed by atoms with Gasteiger partial charge < -0.3 is 74.0 Å². The molecule has 5 N–H and O–H groups in total. The number of para-hydroxylation sites is 4. The average molecular weight is 2000 g/mol. The van der Waals surface area contributed by atoms with Crippen LogP contribution >= 0.6 is 35.3 Å². The number of phenols is 4. The van der Waals surface area contributed by atoms with E-state index in [4.69, 9.17) is 14.2 Å². The number of hydrogen-bond donors (Lipinski definition) is 5. The van der Waals surface area contributed by atoms with Gasteiger partial charge in [0.05, 0.1) is 27.4 Å². The Morgan fingerprint density at radius 1 is 0.371 bits per heavy atom. The SMILES string of the molecule is CN(Cc1ccccc1-c1ccccc1)C(=O)CCCSc1ccc(O)cc1.CN(Cc1ccccc1N1CCN(Cc2ccccc2)CC1)C(=O)CCCSc1ccc(O)cc1.CN(Cc1ccccc1N1CCOCC1)C(=O)CCCCc1ccc(O)cc1.COc1ccccc1CN(C)C(=O)C(CCSc1ccc(O)cc1)C(=O)O.COc1ccccc1CN(C)C(=O)CCCC(=O)c1ccc(F)cc1. The summed E-state index contributed by atoms with van der Waals surface area (Å²) in [7, 11) is 12.1. The Hall–Kier alpha value is -13.6. The maximum Gasteiger partial charge on any atom is 0.316 e. The number of carbonyl (C=O) groups excluding carboxylic acids is 6. The van der Waals surface area contributed by atoms with Crippen molar-refractivity contribution in [1.82, 2.24) is 29.4 Å². The summed E-state index contributed by atoms with van der Waals surface area (Å²) in [6, 6.07) is 94.7. The number of carboxylic acid groups (broad SMARTS) is 1. The Bertz CT molecular complexity index is 5890. The zero-order valence-electron chi connectivity index (χ0n) is 82.9. The van der Waals surface area contributed by atoms with Crippen LogP contribution in [-0.4, -0.2) is 215 Å². The van der Waals surface area contributed by atoms with Crippen LogP contribution in [0.5, 0.6) is 34.5 Å². The fraction of sp³-hybridized carbons (Fsp3) is 0.319. The van der Waals surface area contributed by atoms with E-state index >= 15 is 0 Å². The largest absolute Gasteiger partial charge is 0.508 e. The van der Waals surface area contributed by atoms with Crippen molar-refractivity contribution >= 4 is 87.9 Å². The number of aryl methyl sites for hydroxylation is 1. The van der Waals surface area contributed by atoms with E-state index in [1.54, 1.807) is 123 Å². The number of hydrogen-bond acceptors (Lipinski definition) is 20. The molecule has 1 atom stereocenters. The number of methoxy groups -OCH3 is 2. The van der Waals surface area contributed by atoms with Crippen molar-refractivity contribution < 1.29 is 77.7 Å². The molecule has 143 heavy (non-hydrogen) atoms. The van der Waals surface area contributed by atoms with Crippen LogP contribution in [0.15, 0.2) is 318 Å². The number of carbonyl (C=O) groups is 7. The Labute approximate surface area is 854 Å². The first kappa shape index (κ1) is 111. The van der Waals surface area contributed by atoms with E-state index in [1.165, 1.54) is 85.7 Å². The number of benzene rings is 12. The summed E-state index contributed by atoms with van der Waals surface area (Å²) in [6.45, 7) is 11.0. The van der Waals surface area contributed by atoms with E-state index in [2.05, 4.69) is 112 Å². The second kappa shape index (κ2) is 60.7. The smallest absolute Gasteiger partial charge is 0.316 e. The Morgan fingerprint density at radius 2 is 0.748 bits per heavy atom. The van der Waals surface area contributed by atoms with Crippen molar-refractivity contribution in [3.8, 4) is 45.6 Å². The first-order valence-electron chi connectivity index (χ1n) is 48.4. The molecule has 2 aliphatic heterocycles. The van der Waals surface area contributed by atoms with Gasteiger partial charge in [0.15, 0.2) is 5.78 Å². The molecule has 27 heteroatoms. The second-order valence-corrected chi connectivity index (χ2v) is 38.5. The van der Waals surface area contributed by atoms with E-state index < -0.39 is 17.8 Å². The minimum absolute atomic E-state index is 0.0298. The maximum absolute atomic E-state index is 12.9. The van der Waals surface area contributed by atoms with Crippen molar-refractivity contribution in [3.05, 3.63) is 354 Å². The predicted octanol–water partition coefficient (Wildman–Crippen LogP) is 21.5. The summed E-state index contributed by atoms with van der Waals surface area (Å²) in [4.78, 5) is 105. The van der Waals surface area contributed by atoms with Crippen molar-refractivity contribution in [2.75, 3.05) is 129 Å². The van der Waals surface area contributed by atoms with Crippen LogP contribution in [0.2, 0.25) is 0 Å². The first-order valence-corrected chi connectivity index (χ1v) is 51.4. The molecule has 0 aliphatic carbocycles. The second-order valence-electron chi connectivity index (χ2n) is 35.0. The van der Waals surface area contributed by atoms with Gasteiger partial charge in [0, 0.05) is 189 Å². The molecule has 14 rings (SSSR count). The van der Waals surface area contributed by atoms with E-state index in [-0.39, 0.29) is 77.6 Å². The van der Waals surface area contributed by atoms with Crippen molar-refractivity contribution in [3.63, 3.8) is 0 Å². The summed E-state index contributed by atoms with van der Waals surface area (Å²) in [5.74, 6) is 2.05. The zero-order valence-corrected chi connectivity index (χ0v) is 85.4. The highest BCUT2D eigenvalue weighted by molar-refractivity contribution is 7.99. The van der Waals surface area contributed by atoms with E-state index in [0.717, 1.165) is 140 Å². The number of nitrogens with zero attached hydrogens (tertiary/aromatic N) is 8. The highest BCUT2D eigenvalue weighted by atomic mass is 32.2. The molecule has 5 amide bonds. The van der Waals surface area contributed by atoms with Crippen LogP contribution in [0, 0.1) is 11.7 Å². The topological polar surface area (TPSA) is 274 Å². The Kier molecular flexibility index (Phi) is 47.3. The number of ketones is 1. The van der Waals surface area contributed by atoms with E-state index in [1.807, 2.05) is 151 Å². The third kappa shape index (κ3) is 38.7. The molecule has 2 aliphatic rings. The number of aliphatic carboxylic acids is 1. The van der Waals surface area contributed by atoms with Gasteiger partial charge in [0.1, 0.15) is 46.2 Å². The van der Waals surface area contributed by atoms with Crippen molar-refractivity contribution in [1.29, 1.82) is 0 Å². The van der Waals surface area contributed by atoms with Gasteiger partial charge in [-0.15, -0.1) is 35.3 Å². The summed E-state index contributed by atoms with van der Waals surface area (Å²) in [5.41, 5.74) is 13.1. The van der Waals surface area contributed by atoms with Gasteiger partial charge in [-0.05, 0) is 235 Å². The van der Waals surface area contributed by atoms with Crippen molar-refractivity contribution in [2.45, 2.75) is 131 Å². The lowest BCUT2D eigenvalue weighted by Crippen LogP contribution is -2.46. The van der Waals surface area contributed by atoms with E-state index in [9.17, 15) is 63.5 Å². The monoisotopic (exact) mass is 1990 g/mol. The molecule has 0 spiro atoms. The molecule has 1 unspecified atom stereocenters. The number of carboxylic acids is 1. The van der Waals surface area contributed by atoms with Gasteiger partial charge in [0.25, 0.3) is 0 Å². The molecule has 2 saturated heterocycles. The summed E-state index contributed by atoms with van der Waals surface area (Å²) in [6.07, 6.45) is 7.31. The number of unbranched alkanes of at least 4 members (excludes halogenated alkanes) is 1. The number of aromatic hydroxyl groups is 4. The number of rotatable bonds is 43. The number of anilines is 2. The van der Waals surface area contributed by atoms with Crippen LogP contribution in [0.1, 0.15) is 120 Å². The quantitative estimate of drug-likeness (QED) is 0.0103. The number of halogens is 1. The Morgan fingerprint density at radius 3 is 1.22 bits per heavy atom. The normalized spacial score (nSPS) is 12.3. The standard InChI is InChI=1S/C29H35N3O2S.C24H25NO2S.C23H30N2O3.C20H22FNO3.C20H23NO5S/c1-30(29(34)12-7-21-35-27-15-13-26(33)14-16-27)23-25-10-5-6-11-28(25)32-19-17-31(18-20-32)22-24-8-3-2-4-9-24;1-25(24(27)12-7-17-28-22-15-13-21(26)14-16-22)18-20-10-5-6-11-23(20)19-8-3-2-4-9-19;1-24(23(27)9-5-2-6-19-10-12-21(26)13-11-19)18-20-7-3-4-8-22(20)25-14-16-28-17-15-25;1-22(14-16-6-3-4-8-19(16)25-2)20(24)9-5-7-18(23)15-10-12-17(21)13-11-15;1-21(13-14-5-3-4-6-18(14)26-2)19(23)17(20(24)25)11-12-27-16-9-7-15(22)8-10-16/h2-6,8-11,13-16,33H,7,12,17-23H2,1H3;2-6,8-11,13-16,26H,7,12,17-18H2,1H3;3-4,7-8,10-13,26H,2,5-6,9,14-18H2,1H3;3-4,6,8,10-13H,5,7,9,14H2,1-2H3;3-10,17,22H,11-13H2,1-2H3,(H,24,25). The van der Waals surface area contributed by atoms with Gasteiger partial charge in [0.2, 0.25) is 29.5 Å². The predicted molar refractivity (Wildman–Crippen MR) is 571 cm³/mol. The minimum atomic E-state index is -1.13. The molecule has 0 aromatic heterocycles. The van der Waals surface area contributed by atoms with Crippen molar-refractivity contribution in [2.24, 2.45) is 5.92 Å². The third-order valence-electron chi connectivity index (χ3n) is 24.3. The van der Waals surface area contributed by atoms with Gasteiger partial charge in [-0.3, -0.25) is 38.5 Å². The molecule has 0 radical (unpaired) electrons. The van der Waals surface area contributed by atoms with Crippen LogP contribution < -0.4 is 19.3 Å². The highest BCUT2D eigenvalue weighted by Crippen LogP contribution is 2.32. The fourth-order valence-electron chi connectivity index (χ4n) is 16.2. The number of morpholine rings is 1. The molecule has 2 fully saturated rings. The number of amides is 5. The molecule has 754 valence electrons. The lowest BCUT2D eigenvalue weighted by molar-refractivity contribution is -0.151. The van der Waals surface area contributed by atoms with Crippen LogP contribution in [0.25, 0.3) is 11.1 Å². The van der Waals surface area contributed by atoms with Gasteiger partial charge >= 0.3 is 5.97 Å². The van der Waals surface area contributed by atoms with Crippen LogP contribution in [0.4, 0.5) is 15.8 Å². The maximum atomic E-state index is 12.9. The zero-order chi connectivity index (χ0) is 102. The molecular formula is C116H135FN8O15S3. The number of phenolic OH excluding ortho intramolecular Hbond substituents is 4. The average Bonchev–Trinajstić information content (AvgIpc) is 0.847. The highest BCUT2D eigenvalue weighted by Gasteiger charge is 2.30. The lowest BCUT2D eigenvalue weighted by Gasteiger charge is -2.37. The number of ether oxygens (including phenoxy) is 3. The van der Waals surface area contributed by atoms with Gasteiger partial charge in [-0.2, -0.15) is 0 Å². The number of piperazine rings is 1. The molecular weight excluding hydrogens is 1860 g/mol. The van der Waals surface area contributed by atoms with Crippen LogP contribution in [0.3, 0.4) is 0 Å². The number of Topliss-reactive ketones (excluding diaryl/α,β-unsaturated/α-hetero) is 1. The fourth-order valence-corrected chi connectivity index (χ4v) is 18.8. The minimum Gasteiger partial charge on any atom is -0.508 e. The molecule has 0 saturated carbocycles. The lowest BCUT2D eigenvalue weighted by atomic mass is 9.99. The van der Waals surface area contributed by atoms with Gasteiger partial charge in [-0.1, -0.05) is 170 Å². The third-order valence-corrected chi connectivity index (χ3v) is 27.5. The molecule has 23 nitrogen and oxygen atoms in total. The summed E-state index contributed by atoms with van der Waals surface area (Å²) >= 11 is 4.87. The summed E-state index contributed by atoms with van der Waals surface area (Å²) in [5, 5.41) is 46.8. The molecule has 12 aromatic carbocycles. The van der Waals surface area contributed by atoms with Gasteiger partial charge in [-0.25, -0.2) is 4.39 Å². The first-order chi connectivity index (χ1) is 69.3.